The lowest BCUT2D eigenvalue weighted by Gasteiger charge is -2.26. The van der Waals surface area contributed by atoms with Gasteiger partial charge in [0.2, 0.25) is 11.8 Å². The number of piperidine rings is 1. The van der Waals surface area contributed by atoms with Gasteiger partial charge in [-0.25, -0.2) is 0 Å². The number of hydrogen-bond acceptors (Lipinski definition) is 3. The Labute approximate surface area is 114 Å². The summed E-state index contributed by atoms with van der Waals surface area (Å²) in [5.41, 5.74) is 0. The molecule has 2 heterocycles. The van der Waals surface area contributed by atoms with Gasteiger partial charge in [-0.3, -0.25) is 9.59 Å². The molecule has 108 valence electrons. The third-order valence-corrected chi connectivity index (χ3v) is 3.81. The molecule has 2 saturated heterocycles. The normalized spacial score (nSPS) is 20.4. The second-order valence-corrected chi connectivity index (χ2v) is 5.34. The van der Waals surface area contributed by atoms with Gasteiger partial charge in [-0.15, -0.1) is 0 Å². The van der Waals surface area contributed by atoms with Gasteiger partial charge in [0.05, 0.1) is 0 Å². The van der Waals surface area contributed by atoms with Crippen LogP contribution in [0.1, 0.15) is 44.9 Å². The van der Waals surface area contributed by atoms with Gasteiger partial charge in [0, 0.05) is 39.1 Å². The van der Waals surface area contributed by atoms with E-state index in [1.165, 1.54) is 0 Å². The first-order valence-electron chi connectivity index (χ1n) is 7.40. The Bertz CT molecular complexity index is 320. The fourth-order valence-electron chi connectivity index (χ4n) is 2.62. The Hall–Kier alpha value is -1.10. The van der Waals surface area contributed by atoms with Gasteiger partial charge >= 0.3 is 0 Å². The van der Waals surface area contributed by atoms with Crippen molar-refractivity contribution < 1.29 is 14.3 Å². The number of rotatable bonds is 7. The fraction of sp³-hybridized carbons (Fsp3) is 0.857. The second kappa shape index (κ2) is 7.48. The van der Waals surface area contributed by atoms with E-state index in [-0.39, 0.29) is 5.91 Å². The predicted molar refractivity (Wildman–Crippen MR) is 71.4 cm³/mol. The van der Waals surface area contributed by atoms with Gasteiger partial charge in [-0.1, -0.05) is 0 Å². The summed E-state index contributed by atoms with van der Waals surface area (Å²) in [5.74, 6) is 0.508. The predicted octanol–water partition coefficient (Wildman–Crippen LogP) is 1.38. The molecule has 0 bridgehead atoms. The van der Waals surface area contributed by atoms with Gasteiger partial charge in [0.25, 0.3) is 0 Å². The lowest BCUT2D eigenvalue weighted by molar-refractivity contribution is -0.134. The van der Waals surface area contributed by atoms with E-state index in [1.807, 2.05) is 4.90 Å². The van der Waals surface area contributed by atoms with E-state index in [4.69, 9.17) is 4.74 Å². The van der Waals surface area contributed by atoms with E-state index in [2.05, 4.69) is 0 Å². The highest BCUT2D eigenvalue weighted by atomic mass is 16.5. The van der Waals surface area contributed by atoms with Crippen molar-refractivity contribution in [1.29, 1.82) is 0 Å². The largest absolute Gasteiger partial charge is 0.361 e. The van der Waals surface area contributed by atoms with Gasteiger partial charge in [0.1, 0.15) is 6.73 Å². The van der Waals surface area contributed by atoms with Crippen LogP contribution in [0.25, 0.3) is 0 Å². The van der Waals surface area contributed by atoms with Crippen molar-refractivity contribution in [2.75, 3.05) is 33.0 Å². The molecule has 0 aromatic heterocycles. The summed E-state index contributed by atoms with van der Waals surface area (Å²) < 4.78 is 5.51. The standard InChI is InChI=1S/C14H24N2O3/c17-13-6-1-2-8-15(13)9-3-4-11-19-12-16-10-5-7-14(16)18/h1-12H2. The lowest BCUT2D eigenvalue weighted by atomic mass is 10.1. The molecule has 0 atom stereocenters. The maximum Gasteiger partial charge on any atom is 0.224 e. The molecule has 0 radical (unpaired) electrons. The molecule has 5 heteroatoms. The summed E-state index contributed by atoms with van der Waals surface area (Å²) in [7, 11) is 0. The highest BCUT2D eigenvalue weighted by molar-refractivity contribution is 5.77. The first-order chi connectivity index (χ1) is 9.27. The van der Waals surface area contributed by atoms with Crippen molar-refractivity contribution in [3.8, 4) is 0 Å². The molecule has 0 aromatic carbocycles. The van der Waals surface area contributed by atoms with E-state index in [0.29, 0.717) is 32.1 Å². The minimum atomic E-state index is 0.207. The molecule has 0 saturated carbocycles. The summed E-state index contributed by atoms with van der Waals surface area (Å²) in [4.78, 5) is 26.7. The average Bonchev–Trinajstić information content (AvgIpc) is 2.81. The molecular formula is C14H24N2O3. The van der Waals surface area contributed by atoms with Crippen molar-refractivity contribution in [1.82, 2.24) is 9.80 Å². The van der Waals surface area contributed by atoms with Crippen LogP contribution >= 0.6 is 0 Å². The minimum absolute atomic E-state index is 0.207. The van der Waals surface area contributed by atoms with Crippen LogP contribution in [0.5, 0.6) is 0 Å². The van der Waals surface area contributed by atoms with Crippen LogP contribution in [0.3, 0.4) is 0 Å². The van der Waals surface area contributed by atoms with Gasteiger partial charge < -0.3 is 14.5 Å². The Morgan fingerprint density at radius 2 is 1.63 bits per heavy atom. The van der Waals surface area contributed by atoms with Crippen LogP contribution < -0.4 is 0 Å². The Balaban J connectivity index is 1.48. The molecule has 5 nitrogen and oxygen atoms in total. The number of likely N-dealkylation sites (tertiary alicyclic amines) is 2. The van der Waals surface area contributed by atoms with E-state index < -0.39 is 0 Å². The molecular weight excluding hydrogens is 244 g/mol. The van der Waals surface area contributed by atoms with E-state index in [1.54, 1.807) is 4.90 Å². The fourth-order valence-corrected chi connectivity index (χ4v) is 2.62. The third-order valence-electron chi connectivity index (χ3n) is 3.81. The van der Waals surface area contributed by atoms with E-state index in [9.17, 15) is 9.59 Å². The molecule has 2 fully saturated rings. The smallest absolute Gasteiger partial charge is 0.224 e. The zero-order valence-corrected chi connectivity index (χ0v) is 11.6. The Kier molecular flexibility index (Phi) is 5.63. The Morgan fingerprint density at radius 1 is 0.895 bits per heavy atom. The monoisotopic (exact) mass is 268 g/mol. The highest BCUT2D eigenvalue weighted by Gasteiger charge is 2.19. The van der Waals surface area contributed by atoms with Gasteiger partial charge in [0.15, 0.2) is 0 Å². The van der Waals surface area contributed by atoms with E-state index in [0.717, 1.165) is 51.7 Å². The quantitative estimate of drug-likeness (QED) is 0.655. The number of amides is 2. The van der Waals surface area contributed by atoms with Crippen molar-refractivity contribution in [2.24, 2.45) is 0 Å². The molecule has 0 spiro atoms. The van der Waals surface area contributed by atoms with Crippen molar-refractivity contribution in [2.45, 2.75) is 44.9 Å². The van der Waals surface area contributed by atoms with Crippen LogP contribution in [0.4, 0.5) is 0 Å². The van der Waals surface area contributed by atoms with Crippen molar-refractivity contribution >= 4 is 11.8 Å². The molecule has 0 aromatic rings. The zero-order valence-electron chi connectivity index (χ0n) is 11.6. The molecule has 2 aliphatic rings. The summed E-state index contributed by atoms with van der Waals surface area (Å²) in [5, 5.41) is 0. The van der Waals surface area contributed by atoms with E-state index >= 15 is 0 Å². The minimum Gasteiger partial charge on any atom is -0.361 e. The van der Waals surface area contributed by atoms with Crippen LogP contribution in [0.2, 0.25) is 0 Å². The molecule has 0 N–H and O–H groups in total. The number of hydrogen-bond donors (Lipinski definition) is 0. The van der Waals surface area contributed by atoms with Crippen LogP contribution in [0, 0.1) is 0 Å². The van der Waals surface area contributed by atoms with Gasteiger partial charge in [-0.05, 0) is 32.1 Å². The maximum atomic E-state index is 11.6. The van der Waals surface area contributed by atoms with Crippen LogP contribution in [-0.4, -0.2) is 54.6 Å². The first kappa shape index (κ1) is 14.3. The summed E-state index contributed by atoms with van der Waals surface area (Å²) in [6, 6.07) is 0. The number of ether oxygens (including phenoxy) is 1. The molecule has 2 aliphatic heterocycles. The number of nitrogens with zero attached hydrogens (tertiary/aromatic N) is 2. The number of carbonyl (C=O) groups is 2. The maximum absolute atomic E-state index is 11.6. The molecule has 0 aliphatic carbocycles. The van der Waals surface area contributed by atoms with Crippen molar-refractivity contribution in [3.63, 3.8) is 0 Å². The number of carbonyl (C=O) groups excluding carboxylic acids is 2. The van der Waals surface area contributed by atoms with Crippen molar-refractivity contribution in [3.05, 3.63) is 0 Å². The molecule has 2 amide bonds. The molecule has 2 rings (SSSR count). The molecule has 19 heavy (non-hydrogen) atoms. The lowest BCUT2D eigenvalue weighted by Crippen LogP contribution is -2.36. The van der Waals surface area contributed by atoms with Crippen LogP contribution in [0.15, 0.2) is 0 Å². The Morgan fingerprint density at radius 3 is 2.37 bits per heavy atom. The second-order valence-electron chi connectivity index (χ2n) is 5.34. The molecule has 0 unspecified atom stereocenters. The zero-order chi connectivity index (χ0) is 13.5. The number of unbranched alkanes of at least 4 members (excludes halogenated alkanes) is 1. The van der Waals surface area contributed by atoms with Gasteiger partial charge in [-0.2, -0.15) is 0 Å². The third kappa shape index (κ3) is 4.49. The summed E-state index contributed by atoms with van der Waals surface area (Å²) in [6.45, 7) is 3.71. The summed E-state index contributed by atoms with van der Waals surface area (Å²) in [6.07, 6.45) is 6.46. The van der Waals surface area contributed by atoms with Crippen LogP contribution in [-0.2, 0) is 14.3 Å². The first-order valence-corrected chi connectivity index (χ1v) is 7.40. The highest BCUT2D eigenvalue weighted by Crippen LogP contribution is 2.11. The SMILES string of the molecule is O=C1CCCCN1CCCCOCN1CCCC1=O. The summed E-state index contributed by atoms with van der Waals surface area (Å²) >= 11 is 0. The average molecular weight is 268 g/mol. The topological polar surface area (TPSA) is 49.9 Å².